The molecule has 2 aliphatic heterocycles. The molecular weight excluding hydrogens is 905 g/mol. The zero-order chi connectivity index (χ0) is 44.1. The zero-order valence-electron chi connectivity index (χ0n) is 34.7. The lowest BCUT2D eigenvalue weighted by Gasteiger charge is -2.33. The summed E-state index contributed by atoms with van der Waals surface area (Å²) < 4.78 is 27.6. The molecule has 3 N–H and O–H groups in total. The number of ether oxygens (including phenoxy) is 1. The maximum atomic E-state index is 15.6. The minimum absolute atomic E-state index is 0.0379. The van der Waals surface area contributed by atoms with Crippen LogP contribution in [0.3, 0.4) is 0 Å². The molecule has 2 fully saturated rings. The zero-order valence-corrected chi connectivity index (χ0v) is 37.0. The van der Waals surface area contributed by atoms with Gasteiger partial charge in [-0.1, -0.05) is 36.4 Å². The molecule has 17 nitrogen and oxygen atoms in total. The lowest BCUT2D eigenvalue weighted by molar-refractivity contribution is -0.129. The number of halogens is 3. The van der Waals surface area contributed by atoms with E-state index in [1.807, 2.05) is 59.3 Å². The quantitative estimate of drug-likeness (QED) is 0.127. The number of para-hydroxylation sites is 1. The second-order valence-electron chi connectivity index (χ2n) is 15.9. The number of nitrogens with one attached hydrogen (secondary N) is 1. The molecule has 2 saturated heterocycles. The predicted molar refractivity (Wildman–Crippen MR) is 246 cm³/mol. The van der Waals surface area contributed by atoms with Crippen LogP contribution in [0, 0.1) is 5.82 Å². The first kappa shape index (κ1) is 41.3. The van der Waals surface area contributed by atoms with E-state index in [1.54, 1.807) is 26.2 Å². The van der Waals surface area contributed by atoms with Crippen molar-refractivity contribution in [2.24, 2.45) is 0 Å². The minimum atomic E-state index is -0.653. The van der Waals surface area contributed by atoms with Crippen molar-refractivity contribution in [2.75, 3.05) is 62.3 Å². The maximum Gasteiger partial charge on any atom is 0.251 e. The van der Waals surface area contributed by atoms with Crippen LogP contribution in [0.2, 0.25) is 5.02 Å². The van der Waals surface area contributed by atoms with Crippen LogP contribution in [-0.4, -0.2) is 111 Å². The van der Waals surface area contributed by atoms with Crippen LogP contribution in [0.1, 0.15) is 24.7 Å². The minimum Gasteiger partial charge on any atom is -0.457 e. The number of anilines is 3. The van der Waals surface area contributed by atoms with Gasteiger partial charge >= 0.3 is 0 Å². The van der Waals surface area contributed by atoms with Crippen molar-refractivity contribution >= 4 is 78.9 Å². The number of hydrogen-bond acceptors (Lipinski definition) is 13. The Morgan fingerprint density at radius 2 is 1.77 bits per heavy atom. The summed E-state index contributed by atoms with van der Waals surface area (Å²) >= 11 is 9.82. The predicted octanol–water partition coefficient (Wildman–Crippen LogP) is 6.99. The molecule has 0 spiro atoms. The van der Waals surface area contributed by atoms with Gasteiger partial charge in [0.25, 0.3) is 5.91 Å². The smallest absolute Gasteiger partial charge is 0.251 e. The summed E-state index contributed by atoms with van der Waals surface area (Å²) in [6.07, 6.45) is 4.55. The van der Waals surface area contributed by atoms with Crippen molar-refractivity contribution in [3.05, 3.63) is 113 Å². The highest BCUT2D eigenvalue weighted by Crippen LogP contribution is 2.36. The highest BCUT2D eigenvalue weighted by Gasteiger charge is 2.31. The summed E-state index contributed by atoms with van der Waals surface area (Å²) in [6, 6.07) is 20.1. The number of fused-ring (bicyclic) bond motifs is 3. The summed E-state index contributed by atoms with van der Waals surface area (Å²) in [5, 5.41) is 13.5. The Hall–Kier alpha value is -6.70. The van der Waals surface area contributed by atoms with Crippen molar-refractivity contribution < 1.29 is 13.9 Å². The molecule has 64 heavy (non-hydrogen) atoms. The van der Waals surface area contributed by atoms with Gasteiger partial charge in [0.1, 0.15) is 40.7 Å². The number of benzene rings is 3. The SMILES string of the molecule is C=C(Cn1c(CNc2nc(N3CCN(C)CC3)nc3c(Br)cnn23)nc2c(F)c(Cl)ccc21)C(=O)N1CCC[C@@H](n2nc(-c3ccc(Oc4ccccc4)cc3)c3c(N)ncnc32)C1. The molecule has 20 heteroatoms. The van der Waals surface area contributed by atoms with Gasteiger partial charge in [-0.05, 0) is 84.4 Å². The summed E-state index contributed by atoms with van der Waals surface area (Å²) in [5.74, 6) is 2.24. The molecule has 0 bridgehead atoms. The number of rotatable bonds is 11. The van der Waals surface area contributed by atoms with Gasteiger partial charge in [0.15, 0.2) is 17.1 Å². The standard InChI is InChI=1S/C44H42BrClFN15O2/c1-26(23-60-33-15-14-32(46)36(47)38(33)53-34(60)22-49-43-55-44(58-19-17-57(2)18-20-58)54-40-31(45)21-52-62(40)43)42(63)59-16-6-7-28(24-59)61-41-35(39(48)50-25-51-41)37(56-61)27-10-12-30(13-11-27)64-29-8-4-3-5-9-29/h3-5,8-15,21,25,28H,1,6-7,16-20,22-24H2,2H3,(H2,48,50,51)(H,49,54,55)/t28-/m1/s1. The van der Waals surface area contributed by atoms with Gasteiger partial charge in [-0.2, -0.15) is 24.7 Å². The fourth-order valence-corrected chi connectivity index (χ4v) is 8.83. The number of nitrogen functional groups attached to an aromatic ring is 1. The molecule has 8 aromatic rings. The number of likely N-dealkylation sites (tertiary alicyclic amines) is 1. The summed E-state index contributed by atoms with van der Waals surface area (Å²) in [5.41, 5.74) is 9.93. The first-order chi connectivity index (χ1) is 31.1. The average Bonchev–Trinajstić information content (AvgIpc) is 4.01. The molecule has 7 heterocycles. The van der Waals surface area contributed by atoms with Gasteiger partial charge < -0.3 is 35.1 Å². The van der Waals surface area contributed by atoms with Crippen LogP contribution in [0.4, 0.5) is 22.1 Å². The second-order valence-corrected chi connectivity index (χ2v) is 17.2. The van der Waals surface area contributed by atoms with E-state index in [1.165, 1.54) is 12.4 Å². The molecule has 1 atom stereocenters. The first-order valence-corrected chi connectivity index (χ1v) is 22.0. The van der Waals surface area contributed by atoms with Crippen LogP contribution in [-0.2, 0) is 17.9 Å². The number of piperidine rings is 1. The lowest BCUT2D eigenvalue weighted by atomic mass is 10.0. The number of likely N-dealkylation sites (N-methyl/N-ethyl adjacent to an activating group) is 1. The number of imidazole rings is 1. The van der Waals surface area contributed by atoms with E-state index < -0.39 is 5.82 Å². The highest BCUT2D eigenvalue weighted by atomic mass is 79.9. The van der Waals surface area contributed by atoms with Crippen LogP contribution in [0.25, 0.3) is 39.0 Å². The maximum absolute atomic E-state index is 15.6. The van der Waals surface area contributed by atoms with Gasteiger partial charge in [-0.25, -0.2) is 24.0 Å². The Balaban J connectivity index is 0.897. The molecule has 1 amide bonds. The molecule has 10 rings (SSSR count). The van der Waals surface area contributed by atoms with E-state index in [-0.39, 0.29) is 35.6 Å². The Labute approximate surface area is 379 Å². The molecule has 0 unspecified atom stereocenters. The number of amides is 1. The summed E-state index contributed by atoms with van der Waals surface area (Å²) in [6.45, 7) is 8.56. The fourth-order valence-electron chi connectivity index (χ4n) is 8.33. The van der Waals surface area contributed by atoms with Gasteiger partial charge in [0.05, 0.1) is 45.7 Å². The third-order valence-corrected chi connectivity index (χ3v) is 12.6. The fraction of sp³-hybridized carbons (Fsp3) is 0.273. The van der Waals surface area contributed by atoms with Gasteiger partial charge in [-0.3, -0.25) is 4.79 Å². The van der Waals surface area contributed by atoms with E-state index in [0.717, 1.165) is 43.9 Å². The Kier molecular flexibility index (Phi) is 11.0. The molecule has 3 aromatic carbocycles. The Morgan fingerprint density at radius 3 is 2.56 bits per heavy atom. The van der Waals surface area contributed by atoms with Crippen LogP contribution in [0.15, 0.2) is 95.9 Å². The number of aromatic nitrogens is 10. The molecule has 0 saturated carbocycles. The van der Waals surface area contributed by atoms with Crippen molar-refractivity contribution in [1.29, 1.82) is 0 Å². The molecule has 326 valence electrons. The van der Waals surface area contributed by atoms with Crippen molar-refractivity contribution in [2.45, 2.75) is 32.0 Å². The van der Waals surface area contributed by atoms with E-state index in [4.69, 9.17) is 42.1 Å². The van der Waals surface area contributed by atoms with E-state index >= 15 is 4.39 Å². The van der Waals surface area contributed by atoms with Crippen molar-refractivity contribution in [1.82, 2.24) is 58.7 Å². The average molecular weight is 947 g/mol. The van der Waals surface area contributed by atoms with E-state index in [0.29, 0.717) is 86.7 Å². The second kappa shape index (κ2) is 17.1. The molecule has 5 aromatic heterocycles. The number of nitrogens with two attached hydrogens (primary N) is 1. The number of carbonyl (C=O) groups is 1. The monoisotopic (exact) mass is 945 g/mol. The van der Waals surface area contributed by atoms with Crippen LogP contribution >= 0.6 is 27.5 Å². The van der Waals surface area contributed by atoms with E-state index in [2.05, 4.69) is 59.7 Å². The van der Waals surface area contributed by atoms with Crippen molar-refractivity contribution in [3.8, 4) is 22.8 Å². The molecule has 2 aliphatic rings. The first-order valence-electron chi connectivity index (χ1n) is 20.8. The molecular formula is C44H42BrClFN15O2. The number of nitrogens with zero attached hydrogens (tertiary/aromatic N) is 13. The molecule has 0 aliphatic carbocycles. The third-order valence-electron chi connectivity index (χ3n) is 11.7. The topological polar surface area (TPSA) is 179 Å². The molecule has 0 radical (unpaired) electrons. The number of hydrogen-bond donors (Lipinski definition) is 2. The Bertz CT molecular complexity index is 3060. The lowest BCUT2D eigenvalue weighted by Crippen LogP contribution is -2.45. The van der Waals surface area contributed by atoms with Gasteiger partial charge in [0, 0.05) is 50.4 Å². The van der Waals surface area contributed by atoms with Gasteiger partial charge in [0.2, 0.25) is 11.9 Å². The van der Waals surface area contributed by atoms with Gasteiger partial charge in [-0.15, -0.1) is 0 Å². The van der Waals surface area contributed by atoms with E-state index in [9.17, 15) is 4.79 Å². The normalized spacial score (nSPS) is 16.0. The van der Waals surface area contributed by atoms with Crippen LogP contribution in [0.5, 0.6) is 11.5 Å². The highest BCUT2D eigenvalue weighted by molar-refractivity contribution is 9.10. The summed E-state index contributed by atoms with van der Waals surface area (Å²) in [4.78, 5) is 43.8. The Morgan fingerprint density at radius 1 is 0.984 bits per heavy atom. The van der Waals surface area contributed by atoms with Crippen molar-refractivity contribution in [3.63, 3.8) is 0 Å². The third kappa shape index (κ3) is 7.83. The largest absolute Gasteiger partial charge is 0.457 e. The van der Waals surface area contributed by atoms with Crippen LogP contribution < -0.4 is 20.7 Å². The number of carbonyl (C=O) groups excluding carboxylic acids is 1. The summed E-state index contributed by atoms with van der Waals surface area (Å²) in [7, 11) is 2.09. The number of piperazine rings is 1.